The number of rotatable bonds is 8. The van der Waals surface area contributed by atoms with Crippen molar-refractivity contribution < 1.29 is 9.84 Å². The number of aromatic nitrogens is 2. The zero-order chi connectivity index (χ0) is 20.6. The molecule has 0 aliphatic carbocycles. The topological polar surface area (TPSA) is 83.7 Å². The zero-order valence-corrected chi connectivity index (χ0v) is 20.0. The summed E-state index contributed by atoms with van der Waals surface area (Å²) in [6.45, 7) is 6.86. The van der Waals surface area contributed by atoms with Gasteiger partial charge in [-0.2, -0.15) is 0 Å². The maximum Gasteiger partial charge on any atom is 0.191 e. The number of imidazole rings is 1. The molecule has 0 fully saturated rings. The second kappa shape index (κ2) is 11.6. The van der Waals surface area contributed by atoms with Crippen molar-refractivity contribution >= 4 is 41.0 Å². The van der Waals surface area contributed by atoms with Crippen molar-refractivity contribution in [3.8, 4) is 11.5 Å². The van der Waals surface area contributed by atoms with Gasteiger partial charge in [0, 0.05) is 25.2 Å². The Labute approximate surface area is 194 Å². The molecule has 0 saturated heterocycles. The van der Waals surface area contributed by atoms with E-state index in [-0.39, 0.29) is 29.7 Å². The lowest BCUT2D eigenvalue weighted by Crippen LogP contribution is -2.38. The second-order valence-electron chi connectivity index (χ2n) is 6.77. The largest absolute Gasteiger partial charge is 0.508 e. The van der Waals surface area contributed by atoms with Gasteiger partial charge >= 0.3 is 0 Å². The number of guanidine groups is 1. The van der Waals surface area contributed by atoms with Gasteiger partial charge in [-0.1, -0.05) is 12.1 Å². The van der Waals surface area contributed by atoms with Crippen LogP contribution in [0.2, 0.25) is 0 Å². The van der Waals surface area contributed by atoms with Gasteiger partial charge in [-0.3, -0.25) is 0 Å². The number of fused-ring (bicyclic) bond motifs is 1. The van der Waals surface area contributed by atoms with Crippen molar-refractivity contribution in [3.63, 3.8) is 0 Å². The summed E-state index contributed by atoms with van der Waals surface area (Å²) in [5.74, 6) is 2.67. The standard InChI is InChI=1S/C22H29N5O2.HI/c1-4-23-22(25-15-17-14-18(29-3)10-11-21(17)28)24-12-7-13-27-16(2)26-19-8-5-6-9-20(19)27;/h5-6,8-11,14,28H,4,7,12-13,15H2,1-3H3,(H2,23,24,25);1H. The van der Waals surface area contributed by atoms with Crippen LogP contribution >= 0.6 is 24.0 Å². The lowest BCUT2D eigenvalue weighted by Gasteiger charge is -2.13. The molecule has 0 bridgehead atoms. The van der Waals surface area contributed by atoms with Crippen LogP contribution in [-0.4, -0.2) is 40.8 Å². The van der Waals surface area contributed by atoms with Crippen molar-refractivity contribution in [2.45, 2.75) is 33.4 Å². The average molecular weight is 523 g/mol. The fourth-order valence-electron chi connectivity index (χ4n) is 3.24. The maximum atomic E-state index is 10.0. The van der Waals surface area contributed by atoms with Crippen LogP contribution in [0.5, 0.6) is 11.5 Å². The van der Waals surface area contributed by atoms with E-state index in [1.807, 2.05) is 32.0 Å². The number of aryl methyl sites for hydroxylation is 2. The first kappa shape index (κ1) is 23.8. The van der Waals surface area contributed by atoms with E-state index in [0.29, 0.717) is 12.3 Å². The summed E-state index contributed by atoms with van der Waals surface area (Å²) >= 11 is 0. The first-order chi connectivity index (χ1) is 14.1. The van der Waals surface area contributed by atoms with Crippen LogP contribution < -0.4 is 15.4 Å². The first-order valence-corrected chi connectivity index (χ1v) is 9.92. The summed E-state index contributed by atoms with van der Waals surface area (Å²) in [6, 6.07) is 13.4. The van der Waals surface area contributed by atoms with Crippen molar-refractivity contribution in [1.29, 1.82) is 0 Å². The Bertz CT molecular complexity index is 987. The zero-order valence-electron chi connectivity index (χ0n) is 17.7. The fraction of sp³-hybridized carbons (Fsp3) is 0.364. The molecule has 0 spiro atoms. The summed E-state index contributed by atoms with van der Waals surface area (Å²) in [4.78, 5) is 9.20. The molecule has 3 aromatic rings. The van der Waals surface area contributed by atoms with Crippen LogP contribution in [-0.2, 0) is 13.1 Å². The molecule has 0 saturated carbocycles. The summed E-state index contributed by atoms with van der Waals surface area (Å²) < 4.78 is 7.47. The van der Waals surface area contributed by atoms with Gasteiger partial charge in [0.1, 0.15) is 17.3 Å². The smallest absolute Gasteiger partial charge is 0.191 e. The number of para-hydroxylation sites is 2. The van der Waals surface area contributed by atoms with Crippen LogP contribution in [0, 0.1) is 6.92 Å². The molecule has 0 aliphatic heterocycles. The number of hydrogen-bond donors (Lipinski definition) is 3. The number of nitrogens with one attached hydrogen (secondary N) is 2. The van der Waals surface area contributed by atoms with Gasteiger partial charge in [0.25, 0.3) is 0 Å². The molecule has 3 N–H and O–H groups in total. The number of phenols is 1. The Morgan fingerprint density at radius 1 is 1.20 bits per heavy atom. The molecule has 1 aromatic heterocycles. The SMILES string of the molecule is CCNC(=NCc1cc(OC)ccc1O)NCCCn1c(C)nc2ccccc21.I. The molecule has 8 heteroatoms. The number of ether oxygens (including phenoxy) is 1. The fourth-order valence-corrected chi connectivity index (χ4v) is 3.24. The van der Waals surface area contributed by atoms with Crippen molar-refractivity contribution in [2.75, 3.05) is 20.2 Å². The van der Waals surface area contributed by atoms with E-state index < -0.39 is 0 Å². The number of phenolic OH excluding ortho intramolecular Hbond substituents is 1. The highest BCUT2D eigenvalue weighted by Gasteiger charge is 2.07. The van der Waals surface area contributed by atoms with Gasteiger partial charge in [-0.15, -0.1) is 24.0 Å². The summed E-state index contributed by atoms with van der Waals surface area (Å²) in [5, 5.41) is 16.6. The molecular weight excluding hydrogens is 493 g/mol. The molecule has 30 heavy (non-hydrogen) atoms. The Morgan fingerprint density at radius 2 is 2.00 bits per heavy atom. The number of nitrogens with zero attached hydrogens (tertiary/aromatic N) is 3. The Balaban J connectivity index is 0.00000320. The number of aliphatic imine (C=N–C) groups is 1. The summed E-state index contributed by atoms with van der Waals surface area (Å²) in [7, 11) is 1.61. The second-order valence-corrected chi connectivity index (χ2v) is 6.77. The lowest BCUT2D eigenvalue weighted by molar-refractivity contribution is 0.411. The van der Waals surface area contributed by atoms with E-state index in [1.54, 1.807) is 25.3 Å². The van der Waals surface area contributed by atoms with Gasteiger partial charge in [0.15, 0.2) is 5.96 Å². The Kier molecular flexibility index (Phi) is 9.22. The maximum absolute atomic E-state index is 10.0. The third-order valence-corrected chi connectivity index (χ3v) is 4.73. The Hall–Kier alpha value is -2.49. The molecular formula is C22H30IN5O2. The van der Waals surface area contributed by atoms with E-state index in [0.717, 1.165) is 48.9 Å². The van der Waals surface area contributed by atoms with Crippen LogP contribution in [0.3, 0.4) is 0 Å². The number of methoxy groups -OCH3 is 1. The number of aromatic hydroxyl groups is 1. The number of hydrogen-bond acceptors (Lipinski definition) is 4. The van der Waals surface area contributed by atoms with Crippen molar-refractivity contribution in [3.05, 3.63) is 53.9 Å². The van der Waals surface area contributed by atoms with Crippen LogP contribution in [0.15, 0.2) is 47.5 Å². The van der Waals surface area contributed by atoms with Gasteiger partial charge in [0.05, 0.1) is 24.7 Å². The van der Waals surface area contributed by atoms with Gasteiger partial charge in [-0.25, -0.2) is 9.98 Å². The lowest BCUT2D eigenvalue weighted by atomic mass is 10.2. The highest BCUT2D eigenvalue weighted by Crippen LogP contribution is 2.23. The molecule has 0 radical (unpaired) electrons. The van der Waals surface area contributed by atoms with Gasteiger partial charge in [-0.05, 0) is 50.6 Å². The van der Waals surface area contributed by atoms with Crippen molar-refractivity contribution in [1.82, 2.24) is 20.2 Å². The molecule has 2 aromatic carbocycles. The minimum atomic E-state index is 0. The molecule has 0 atom stereocenters. The first-order valence-electron chi connectivity index (χ1n) is 9.92. The van der Waals surface area contributed by atoms with E-state index in [9.17, 15) is 5.11 Å². The quantitative estimate of drug-likeness (QED) is 0.181. The molecule has 0 unspecified atom stereocenters. The van der Waals surface area contributed by atoms with E-state index in [1.165, 1.54) is 5.52 Å². The van der Waals surface area contributed by atoms with Gasteiger partial charge < -0.3 is 25.0 Å². The third kappa shape index (κ3) is 6.01. The minimum absolute atomic E-state index is 0. The number of halogens is 1. The minimum Gasteiger partial charge on any atom is -0.508 e. The third-order valence-electron chi connectivity index (χ3n) is 4.73. The Morgan fingerprint density at radius 3 is 2.77 bits per heavy atom. The molecule has 162 valence electrons. The monoisotopic (exact) mass is 523 g/mol. The molecule has 7 nitrogen and oxygen atoms in total. The van der Waals surface area contributed by atoms with Crippen LogP contribution in [0.25, 0.3) is 11.0 Å². The highest BCUT2D eigenvalue weighted by molar-refractivity contribution is 14.0. The molecule has 3 rings (SSSR count). The highest BCUT2D eigenvalue weighted by atomic mass is 127. The average Bonchev–Trinajstić information content (AvgIpc) is 3.05. The summed E-state index contributed by atoms with van der Waals surface area (Å²) in [6.07, 6.45) is 0.940. The van der Waals surface area contributed by atoms with E-state index in [4.69, 9.17) is 4.74 Å². The number of benzene rings is 2. The van der Waals surface area contributed by atoms with Crippen LogP contribution in [0.1, 0.15) is 24.7 Å². The molecule has 1 heterocycles. The van der Waals surface area contributed by atoms with Crippen molar-refractivity contribution in [2.24, 2.45) is 4.99 Å². The van der Waals surface area contributed by atoms with Crippen LogP contribution in [0.4, 0.5) is 0 Å². The van der Waals surface area contributed by atoms with Gasteiger partial charge in [0.2, 0.25) is 0 Å². The molecule has 0 amide bonds. The predicted molar refractivity (Wildman–Crippen MR) is 132 cm³/mol. The van der Waals surface area contributed by atoms with E-state index >= 15 is 0 Å². The predicted octanol–water partition coefficient (Wildman–Crippen LogP) is 3.82. The normalized spacial score (nSPS) is 11.2. The summed E-state index contributed by atoms with van der Waals surface area (Å²) in [5.41, 5.74) is 2.92. The van der Waals surface area contributed by atoms with E-state index in [2.05, 4.69) is 31.2 Å². The molecule has 0 aliphatic rings.